The Morgan fingerprint density at radius 1 is 1.45 bits per heavy atom. The Bertz CT molecular complexity index is 665. The third-order valence-electron chi connectivity index (χ3n) is 3.46. The second-order valence-electron chi connectivity index (χ2n) is 4.99. The third kappa shape index (κ3) is 3.52. The summed E-state index contributed by atoms with van der Waals surface area (Å²) >= 11 is 5.91. The molecule has 7 nitrogen and oxygen atoms in total. The zero-order chi connectivity index (χ0) is 16.3. The number of primary amides is 1. The minimum absolute atomic E-state index is 0.0471. The van der Waals surface area contributed by atoms with E-state index in [9.17, 15) is 13.2 Å². The van der Waals surface area contributed by atoms with Crippen molar-refractivity contribution in [3.63, 3.8) is 0 Å². The van der Waals surface area contributed by atoms with Gasteiger partial charge in [-0.2, -0.15) is 4.31 Å². The Morgan fingerprint density at radius 3 is 2.82 bits per heavy atom. The lowest BCUT2D eigenvalue weighted by atomic mass is 10.2. The summed E-state index contributed by atoms with van der Waals surface area (Å²) in [5.41, 5.74) is 10.7. The maximum Gasteiger partial charge on any atom is 0.255 e. The summed E-state index contributed by atoms with van der Waals surface area (Å²) < 4.78 is 32.2. The van der Waals surface area contributed by atoms with Crippen molar-refractivity contribution in [1.29, 1.82) is 0 Å². The molecule has 1 saturated heterocycles. The van der Waals surface area contributed by atoms with Crippen molar-refractivity contribution in [3.8, 4) is 5.75 Å². The predicted molar refractivity (Wildman–Crippen MR) is 82.1 cm³/mol. The Kier molecular flexibility index (Phi) is 5.28. The maximum atomic E-state index is 12.8. The Labute approximate surface area is 134 Å². The molecule has 1 amide bonds. The van der Waals surface area contributed by atoms with Gasteiger partial charge in [-0.25, -0.2) is 8.42 Å². The van der Waals surface area contributed by atoms with Crippen LogP contribution in [0.5, 0.6) is 5.75 Å². The molecule has 1 unspecified atom stereocenters. The van der Waals surface area contributed by atoms with Crippen molar-refractivity contribution in [2.24, 2.45) is 11.5 Å². The first-order valence-electron chi connectivity index (χ1n) is 6.79. The summed E-state index contributed by atoms with van der Waals surface area (Å²) in [6, 6.07) is 3.96. The Morgan fingerprint density at radius 2 is 2.18 bits per heavy atom. The molecule has 1 heterocycles. The molecule has 0 spiro atoms. The average molecular weight is 348 g/mol. The summed E-state index contributed by atoms with van der Waals surface area (Å²) in [7, 11) is -3.81. The fourth-order valence-electron chi connectivity index (χ4n) is 2.44. The number of nitrogens with two attached hydrogens (primary N) is 2. The van der Waals surface area contributed by atoms with Gasteiger partial charge in [-0.3, -0.25) is 4.79 Å². The van der Waals surface area contributed by atoms with Crippen LogP contribution in [0.3, 0.4) is 0 Å². The van der Waals surface area contributed by atoms with Gasteiger partial charge < -0.3 is 16.2 Å². The molecule has 0 bridgehead atoms. The molecule has 2 rings (SSSR count). The minimum atomic E-state index is -3.81. The lowest BCUT2D eigenvalue weighted by molar-refractivity contribution is -0.120. The lowest BCUT2D eigenvalue weighted by Gasteiger charge is -2.24. The minimum Gasteiger partial charge on any atom is -0.482 e. The number of sulfonamides is 1. The summed E-state index contributed by atoms with van der Waals surface area (Å²) in [5, 5.41) is 0.258. The maximum absolute atomic E-state index is 12.8. The number of ether oxygens (including phenoxy) is 1. The van der Waals surface area contributed by atoms with E-state index in [0.29, 0.717) is 13.0 Å². The summed E-state index contributed by atoms with van der Waals surface area (Å²) in [6.07, 6.45) is 1.47. The summed E-state index contributed by atoms with van der Waals surface area (Å²) in [5.74, 6) is -0.648. The molecule has 1 aliphatic rings. The zero-order valence-electron chi connectivity index (χ0n) is 11.9. The number of hydrogen-bond acceptors (Lipinski definition) is 5. The van der Waals surface area contributed by atoms with Crippen molar-refractivity contribution in [2.45, 2.75) is 23.8 Å². The van der Waals surface area contributed by atoms with Crippen molar-refractivity contribution in [1.82, 2.24) is 4.31 Å². The predicted octanol–water partition coefficient (Wildman–Crippen LogP) is 0.316. The molecule has 1 aromatic carbocycles. The van der Waals surface area contributed by atoms with Crippen LogP contribution in [0.2, 0.25) is 5.02 Å². The van der Waals surface area contributed by atoms with Crippen molar-refractivity contribution >= 4 is 27.5 Å². The fourth-order valence-corrected chi connectivity index (χ4v) is 4.54. The molecule has 9 heteroatoms. The van der Waals surface area contributed by atoms with Gasteiger partial charge in [0.05, 0.1) is 0 Å². The van der Waals surface area contributed by atoms with Gasteiger partial charge in [-0.05, 0) is 31.0 Å². The van der Waals surface area contributed by atoms with Crippen molar-refractivity contribution in [2.75, 3.05) is 19.7 Å². The average Bonchev–Trinajstić information content (AvgIpc) is 2.95. The molecular formula is C13H18ClN3O4S. The van der Waals surface area contributed by atoms with E-state index in [4.69, 9.17) is 27.8 Å². The van der Waals surface area contributed by atoms with Gasteiger partial charge in [0.2, 0.25) is 10.0 Å². The third-order valence-corrected chi connectivity index (χ3v) is 5.67. The molecule has 0 saturated carbocycles. The van der Waals surface area contributed by atoms with Gasteiger partial charge in [0.15, 0.2) is 6.61 Å². The number of carbonyl (C=O) groups excluding carboxylic acids is 1. The summed E-state index contributed by atoms with van der Waals surface area (Å²) in [4.78, 5) is 10.8. The second-order valence-corrected chi connectivity index (χ2v) is 7.29. The number of rotatable bonds is 6. The zero-order valence-corrected chi connectivity index (χ0v) is 13.4. The van der Waals surface area contributed by atoms with Crippen LogP contribution < -0.4 is 16.2 Å². The van der Waals surface area contributed by atoms with E-state index < -0.39 is 22.5 Å². The van der Waals surface area contributed by atoms with E-state index in [1.54, 1.807) is 0 Å². The molecule has 0 aromatic heterocycles. The molecule has 1 aliphatic heterocycles. The summed E-state index contributed by atoms with van der Waals surface area (Å²) in [6.45, 7) is 0.230. The van der Waals surface area contributed by atoms with E-state index in [1.165, 1.54) is 22.5 Å². The van der Waals surface area contributed by atoms with E-state index >= 15 is 0 Å². The van der Waals surface area contributed by atoms with Gasteiger partial charge >= 0.3 is 0 Å². The van der Waals surface area contributed by atoms with E-state index in [1.807, 2.05) is 0 Å². The van der Waals surface area contributed by atoms with Crippen molar-refractivity contribution in [3.05, 3.63) is 23.2 Å². The molecule has 1 atom stereocenters. The first-order chi connectivity index (χ1) is 10.4. The van der Waals surface area contributed by atoms with Crippen molar-refractivity contribution < 1.29 is 17.9 Å². The van der Waals surface area contributed by atoms with Gasteiger partial charge in [0, 0.05) is 24.2 Å². The highest BCUT2D eigenvalue weighted by atomic mass is 35.5. The van der Waals surface area contributed by atoms with Gasteiger partial charge in [-0.15, -0.1) is 0 Å². The number of carbonyl (C=O) groups is 1. The largest absolute Gasteiger partial charge is 0.482 e. The molecule has 0 radical (unpaired) electrons. The fraction of sp³-hybridized carbons (Fsp3) is 0.462. The van der Waals surface area contributed by atoms with Crippen LogP contribution in [0.1, 0.15) is 12.8 Å². The molecule has 1 aromatic rings. The highest BCUT2D eigenvalue weighted by Gasteiger charge is 2.36. The Hall–Kier alpha value is -1.35. The first-order valence-corrected chi connectivity index (χ1v) is 8.60. The van der Waals surface area contributed by atoms with Crippen LogP contribution in [0.15, 0.2) is 23.1 Å². The lowest BCUT2D eigenvalue weighted by Crippen LogP contribution is -2.40. The molecule has 4 N–H and O–H groups in total. The Balaban J connectivity index is 2.40. The van der Waals surface area contributed by atoms with Gasteiger partial charge in [0.25, 0.3) is 5.91 Å². The van der Waals surface area contributed by atoms with Crippen LogP contribution in [0.25, 0.3) is 0 Å². The number of hydrogen-bond donors (Lipinski definition) is 2. The van der Waals surface area contributed by atoms with Crippen LogP contribution in [0.4, 0.5) is 0 Å². The van der Waals surface area contributed by atoms with Gasteiger partial charge in [-0.1, -0.05) is 11.6 Å². The number of halogens is 1. The monoisotopic (exact) mass is 347 g/mol. The van der Waals surface area contributed by atoms with E-state index in [-0.39, 0.29) is 28.3 Å². The number of benzene rings is 1. The molecular weight excluding hydrogens is 330 g/mol. The molecule has 122 valence electrons. The van der Waals surface area contributed by atoms with E-state index in [0.717, 1.165) is 6.42 Å². The van der Waals surface area contributed by atoms with Crippen LogP contribution in [-0.4, -0.2) is 44.4 Å². The second kappa shape index (κ2) is 6.82. The van der Waals surface area contributed by atoms with Crippen LogP contribution in [0, 0.1) is 0 Å². The van der Waals surface area contributed by atoms with Crippen LogP contribution >= 0.6 is 11.6 Å². The van der Waals surface area contributed by atoms with E-state index in [2.05, 4.69) is 0 Å². The smallest absolute Gasteiger partial charge is 0.255 e. The normalized spacial score (nSPS) is 19.3. The number of amides is 1. The molecule has 1 fully saturated rings. The SMILES string of the molecule is NCC1CCCN1S(=O)(=O)c1cc(Cl)ccc1OCC(N)=O. The highest BCUT2D eigenvalue weighted by Crippen LogP contribution is 2.33. The number of nitrogens with zero attached hydrogens (tertiary/aromatic N) is 1. The standard InChI is InChI=1S/C13H18ClN3O4S/c14-9-3-4-11(21-8-13(16)18)12(6-9)22(19,20)17-5-1-2-10(17)7-15/h3-4,6,10H,1-2,5,7-8,15H2,(H2,16,18). The quantitative estimate of drug-likeness (QED) is 0.768. The molecule has 0 aliphatic carbocycles. The highest BCUT2D eigenvalue weighted by molar-refractivity contribution is 7.89. The first kappa shape index (κ1) is 17.0. The van der Waals surface area contributed by atoms with Gasteiger partial charge in [0.1, 0.15) is 10.6 Å². The molecule has 22 heavy (non-hydrogen) atoms. The van der Waals surface area contributed by atoms with Crippen LogP contribution in [-0.2, 0) is 14.8 Å². The topological polar surface area (TPSA) is 116 Å².